The van der Waals surface area contributed by atoms with Crippen molar-refractivity contribution >= 4 is 37.7 Å². The van der Waals surface area contributed by atoms with E-state index in [1.807, 2.05) is 0 Å². The minimum atomic E-state index is -3.78. The van der Waals surface area contributed by atoms with Crippen molar-refractivity contribution in [2.24, 2.45) is 0 Å². The number of sulfone groups is 1. The molecule has 3 rings (SSSR count). The molecule has 0 amide bonds. The van der Waals surface area contributed by atoms with E-state index < -0.39 is 31.1 Å². The van der Waals surface area contributed by atoms with E-state index in [0.717, 1.165) is 23.1 Å². The maximum atomic E-state index is 12.4. The summed E-state index contributed by atoms with van der Waals surface area (Å²) in [7, 11) is -5.88. The molecule has 174 valence electrons. The van der Waals surface area contributed by atoms with Gasteiger partial charge in [-0.15, -0.1) is 0 Å². The molecule has 1 aromatic heterocycles. The lowest BCUT2D eigenvalue weighted by Gasteiger charge is -2.14. The van der Waals surface area contributed by atoms with Gasteiger partial charge in [0.05, 0.1) is 19.1 Å². The highest BCUT2D eigenvalue weighted by molar-refractivity contribution is 7.92. The quantitative estimate of drug-likeness (QED) is 0.476. The molecule has 2 aromatic carbocycles. The van der Waals surface area contributed by atoms with Crippen molar-refractivity contribution < 1.29 is 21.6 Å². The zero-order valence-corrected chi connectivity index (χ0v) is 19.5. The van der Waals surface area contributed by atoms with E-state index in [2.05, 4.69) is 9.71 Å². The minimum Gasteiger partial charge on any atom is -0.495 e. The highest BCUT2D eigenvalue weighted by Crippen LogP contribution is 2.32. The molecule has 0 unspecified atom stereocenters. The van der Waals surface area contributed by atoms with Gasteiger partial charge in [-0.1, -0.05) is 24.3 Å². The average Bonchev–Trinajstić information content (AvgIpc) is 2.71. The molecule has 10 nitrogen and oxygen atoms in total. The van der Waals surface area contributed by atoms with Crippen LogP contribution >= 0.6 is 0 Å². The van der Waals surface area contributed by atoms with E-state index in [0.29, 0.717) is 16.8 Å². The van der Waals surface area contributed by atoms with Gasteiger partial charge in [0.25, 0.3) is 5.56 Å². The van der Waals surface area contributed by atoms with Crippen LogP contribution in [0.25, 0.3) is 17.8 Å². The van der Waals surface area contributed by atoms with Gasteiger partial charge in [-0.05, 0) is 29.8 Å². The SMILES string of the molecule is COc1c(/C=C/c2ccc(NS(C)(=O)=O)cc2)cc(-n2c(=O)cc[nH]c2=O)cc1S(C)(=O)=O. The van der Waals surface area contributed by atoms with Crippen LogP contribution < -0.4 is 20.7 Å². The number of hydrogen-bond donors (Lipinski definition) is 2. The Hall–Kier alpha value is -3.64. The third kappa shape index (κ3) is 5.79. The van der Waals surface area contributed by atoms with Gasteiger partial charge in [0.2, 0.25) is 10.0 Å². The van der Waals surface area contributed by atoms with Crippen LogP contribution in [0.5, 0.6) is 5.75 Å². The molecule has 0 saturated heterocycles. The number of sulfonamides is 1. The van der Waals surface area contributed by atoms with Crippen LogP contribution in [0, 0.1) is 0 Å². The van der Waals surface area contributed by atoms with Crippen LogP contribution in [0.15, 0.2) is 63.1 Å². The Morgan fingerprint density at radius 2 is 1.64 bits per heavy atom. The molecule has 2 N–H and O–H groups in total. The summed E-state index contributed by atoms with van der Waals surface area (Å²) >= 11 is 0. The average molecular weight is 492 g/mol. The molecule has 0 radical (unpaired) electrons. The summed E-state index contributed by atoms with van der Waals surface area (Å²) in [5.74, 6) is 0.0493. The molecule has 0 aliphatic carbocycles. The third-order valence-corrected chi connectivity index (χ3v) is 6.16. The Balaban J connectivity index is 2.14. The molecule has 0 bridgehead atoms. The summed E-state index contributed by atoms with van der Waals surface area (Å²) in [6.07, 6.45) is 6.45. The van der Waals surface area contributed by atoms with Crippen molar-refractivity contribution in [1.29, 1.82) is 0 Å². The number of benzene rings is 2. The van der Waals surface area contributed by atoms with E-state index in [1.54, 1.807) is 36.4 Å². The number of methoxy groups -OCH3 is 1. The lowest BCUT2D eigenvalue weighted by Crippen LogP contribution is -2.32. The van der Waals surface area contributed by atoms with E-state index >= 15 is 0 Å². The number of aromatic amines is 1. The highest BCUT2D eigenvalue weighted by Gasteiger charge is 2.20. The fraction of sp³-hybridized carbons (Fsp3) is 0.143. The van der Waals surface area contributed by atoms with Crippen molar-refractivity contribution in [2.75, 3.05) is 24.3 Å². The second kappa shape index (κ2) is 9.08. The number of H-pyrrole nitrogens is 1. The molecule has 0 spiro atoms. The van der Waals surface area contributed by atoms with Crippen molar-refractivity contribution in [3.05, 3.63) is 80.6 Å². The second-order valence-corrected chi connectivity index (χ2v) is 10.9. The Kier molecular flexibility index (Phi) is 6.60. The summed E-state index contributed by atoms with van der Waals surface area (Å²) in [6, 6.07) is 10.3. The zero-order chi connectivity index (χ0) is 24.4. The Morgan fingerprint density at radius 3 is 2.18 bits per heavy atom. The van der Waals surface area contributed by atoms with Gasteiger partial charge in [0, 0.05) is 29.8 Å². The third-order valence-electron chi connectivity index (χ3n) is 4.46. The van der Waals surface area contributed by atoms with Crippen molar-refractivity contribution in [3.8, 4) is 11.4 Å². The largest absolute Gasteiger partial charge is 0.495 e. The highest BCUT2D eigenvalue weighted by atomic mass is 32.2. The topological polar surface area (TPSA) is 144 Å². The van der Waals surface area contributed by atoms with Crippen LogP contribution in [-0.2, 0) is 19.9 Å². The maximum absolute atomic E-state index is 12.4. The van der Waals surface area contributed by atoms with Gasteiger partial charge in [0.15, 0.2) is 9.84 Å². The first-order valence-electron chi connectivity index (χ1n) is 9.38. The fourth-order valence-corrected chi connectivity index (χ4v) is 4.52. The van der Waals surface area contributed by atoms with Gasteiger partial charge >= 0.3 is 5.69 Å². The number of hydrogen-bond acceptors (Lipinski definition) is 7. The number of ether oxygens (including phenoxy) is 1. The number of anilines is 1. The zero-order valence-electron chi connectivity index (χ0n) is 17.9. The smallest absolute Gasteiger partial charge is 0.332 e. The number of aromatic nitrogens is 2. The van der Waals surface area contributed by atoms with Crippen LogP contribution in [0.4, 0.5) is 5.69 Å². The molecule has 0 fully saturated rings. The van der Waals surface area contributed by atoms with Gasteiger partial charge < -0.3 is 9.72 Å². The molecular formula is C21H21N3O7S2. The van der Waals surface area contributed by atoms with Gasteiger partial charge in [0.1, 0.15) is 10.6 Å². The summed E-state index contributed by atoms with van der Waals surface area (Å²) in [5.41, 5.74) is 0.0658. The van der Waals surface area contributed by atoms with Gasteiger partial charge in [-0.25, -0.2) is 26.2 Å². The monoisotopic (exact) mass is 491 g/mol. The van der Waals surface area contributed by atoms with Crippen LogP contribution in [0.3, 0.4) is 0 Å². The first-order chi connectivity index (χ1) is 15.4. The van der Waals surface area contributed by atoms with Gasteiger partial charge in [-0.2, -0.15) is 0 Å². The first kappa shape index (κ1) is 24.0. The van der Waals surface area contributed by atoms with Crippen molar-refractivity contribution in [3.63, 3.8) is 0 Å². The summed E-state index contributed by atoms with van der Waals surface area (Å²) in [4.78, 5) is 26.7. The molecule has 33 heavy (non-hydrogen) atoms. The Morgan fingerprint density at radius 1 is 0.970 bits per heavy atom. The lowest BCUT2D eigenvalue weighted by molar-refractivity contribution is 0.402. The second-order valence-electron chi connectivity index (χ2n) is 7.12. The summed E-state index contributed by atoms with van der Waals surface area (Å²) < 4.78 is 56.0. The molecule has 0 atom stereocenters. The Labute approximate surface area is 190 Å². The number of nitrogens with zero attached hydrogens (tertiary/aromatic N) is 1. The predicted octanol–water partition coefficient (Wildman–Crippen LogP) is 1.48. The standard InChI is InChI=1S/C21H21N3O7S2/c1-31-20-15(7-4-14-5-8-16(9-6-14)23-33(3,29)30)12-17(13-18(20)32(2,27)28)24-19(25)10-11-22-21(24)26/h4-13,23H,1-3H3,(H,22,26)/b7-4+. The molecule has 0 aliphatic rings. The Bertz CT molecular complexity index is 1520. The molecule has 1 heterocycles. The van der Waals surface area contributed by atoms with E-state index in [-0.39, 0.29) is 16.3 Å². The van der Waals surface area contributed by atoms with Crippen LogP contribution in [0.2, 0.25) is 0 Å². The van der Waals surface area contributed by atoms with Gasteiger partial charge in [-0.3, -0.25) is 9.52 Å². The molecule has 3 aromatic rings. The summed E-state index contributed by atoms with van der Waals surface area (Å²) in [5, 5.41) is 0. The molecule has 12 heteroatoms. The molecular weight excluding hydrogens is 470 g/mol. The molecule has 0 aliphatic heterocycles. The molecule has 0 saturated carbocycles. The van der Waals surface area contributed by atoms with E-state index in [9.17, 15) is 26.4 Å². The first-order valence-corrected chi connectivity index (χ1v) is 13.2. The summed E-state index contributed by atoms with van der Waals surface area (Å²) in [6.45, 7) is 0. The van der Waals surface area contributed by atoms with Crippen LogP contribution in [0.1, 0.15) is 11.1 Å². The normalized spacial score (nSPS) is 12.1. The minimum absolute atomic E-state index is 0.0493. The van der Waals surface area contributed by atoms with E-state index in [4.69, 9.17) is 4.74 Å². The van der Waals surface area contributed by atoms with Crippen molar-refractivity contribution in [1.82, 2.24) is 9.55 Å². The lowest BCUT2D eigenvalue weighted by atomic mass is 10.1. The van der Waals surface area contributed by atoms with E-state index in [1.165, 1.54) is 25.4 Å². The fourth-order valence-electron chi connectivity index (χ4n) is 3.09. The van der Waals surface area contributed by atoms with Crippen molar-refractivity contribution in [2.45, 2.75) is 4.90 Å². The predicted molar refractivity (Wildman–Crippen MR) is 126 cm³/mol. The van der Waals surface area contributed by atoms with Crippen LogP contribution in [-0.4, -0.2) is 46.0 Å². The number of nitrogens with one attached hydrogen (secondary N) is 2. The maximum Gasteiger partial charge on any atom is 0.332 e. The number of rotatable bonds is 7.